The molecular formula is C23H22Cl2N2O2. The summed E-state index contributed by atoms with van der Waals surface area (Å²) in [6.07, 6.45) is 7.17. The van der Waals surface area contributed by atoms with E-state index in [2.05, 4.69) is 5.32 Å². The van der Waals surface area contributed by atoms with E-state index in [0.717, 1.165) is 42.1 Å². The number of carbonyl (C=O) groups is 2. The minimum Gasteiger partial charge on any atom is -0.337 e. The number of ketones is 1. The van der Waals surface area contributed by atoms with Crippen LogP contribution in [-0.4, -0.2) is 16.3 Å². The van der Waals surface area contributed by atoms with E-state index in [9.17, 15) is 9.59 Å². The monoisotopic (exact) mass is 428 g/mol. The first-order valence-corrected chi connectivity index (χ1v) is 10.7. The maximum absolute atomic E-state index is 13.1. The molecule has 1 saturated carbocycles. The zero-order valence-corrected chi connectivity index (χ0v) is 17.5. The fourth-order valence-electron chi connectivity index (χ4n) is 4.09. The SMILES string of the molecule is O=C(Cn1cc(C(=O)C2CCCCC2)c2ccccc21)Nc1ccc(Cl)c(Cl)c1. The number of nitrogens with zero attached hydrogens (tertiary/aromatic N) is 1. The molecule has 1 amide bonds. The summed E-state index contributed by atoms with van der Waals surface area (Å²) in [5.74, 6) is 0.0957. The molecule has 0 saturated heterocycles. The molecule has 1 fully saturated rings. The van der Waals surface area contributed by atoms with Crippen molar-refractivity contribution in [3.63, 3.8) is 0 Å². The van der Waals surface area contributed by atoms with Crippen molar-refractivity contribution in [3.05, 3.63) is 64.3 Å². The van der Waals surface area contributed by atoms with E-state index in [0.29, 0.717) is 15.7 Å². The number of para-hydroxylation sites is 1. The Morgan fingerprint density at radius 2 is 1.76 bits per heavy atom. The molecule has 6 heteroatoms. The van der Waals surface area contributed by atoms with Gasteiger partial charge in [-0.1, -0.05) is 60.7 Å². The maximum atomic E-state index is 13.1. The first-order valence-electron chi connectivity index (χ1n) is 9.90. The van der Waals surface area contributed by atoms with Crippen LogP contribution in [0.15, 0.2) is 48.7 Å². The number of rotatable bonds is 5. The Balaban J connectivity index is 1.58. The van der Waals surface area contributed by atoms with Crippen molar-refractivity contribution in [1.29, 1.82) is 0 Å². The second-order valence-corrected chi connectivity index (χ2v) is 8.38. The zero-order chi connectivity index (χ0) is 20.4. The van der Waals surface area contributed by atoms with Crippen molar-refractivity contribution in [3.8, 4) is 0 Å². The Morgan fingerprint density at radius 3 is 2.52 bits per heavy atom. The standard InChI is InChI=1S/C23H22Cl2N2O2/c24-19-11-10-16(12-20(19)25)26-22(28)14-27-13-18(17-8-4-5-9-21(17)27)23(29)15-6-2-1-3-7-15/h4-5,8-13,15H,1-3,6-7,14H2,(H,26,28). The number of hydrogen-bond donors (Lipinski definition) is 1. The molecule has 4 nitrogen and oxygen atoms in total. The van der Waals surface area contributed by atoms with E-state index in [4.69, 9.17) is 23.2 Å². The molecule has 0 spiro atoms. The van der Waals surface area contributed by atoms with Crippen LogP contribution >= 0.6 is 23.2 Å². The van der Waals surface area contributed by atoms with Crippen molar-refractivity contribution >= 4 is 51.5 Å². The molecule has 0 radical (unpaired) electrons. The van der Waals surface area contributed by atoms with Gasteiger partial charge < -0.3 is 9.88 Å². The molecule has 1 heterocycles. The van der Waals surface area contributed by atoms with Crippen LogP contribution in [0.1, 0.15) is 42.5 Å². The number of nitrogens with one attached hydrogen (secondary N) is 1. The van der Waals surface area contributed by atoms with Gasteiger partial charge >= 0.3 is 0 Å². The normalized spacial score (nSPS) is 14.8. The van der Waals surface area contributed by atoms with Gasteiger partial charge in [0.1, 0.15) is 6.54 Å². The van der Waals surface area contributed by atoms with Gasteiger partial charge in [0.15, 0.2) is 5.78 Å². The third kappa shape index (κ3) is 4.34. The van der Waals surface area contributed by atoms with Crippen LogP contribution in [0.4, 0.5) is 5.69 Å². The van der Waals surface area contributed by atoms with Crippen LogP contribution in [0.25, 0.3) is 10.9 Å². The van der Waals surface area contributed by atoms with Gasteiger partial charge in [-0.25, -0.2) is 0 Å². The fraction of sp³-hybridized carbons (Fsp3) is 0.304. The molecule has 0 atom stereocenters. The topological polar surface area (TPSA) is 51.1 Å². The summed E-state index contributed by atoms with van der Waals surface area (Å²) in [7, 11) is 0. The quantitative estimate of drug-likeness (QED) is 0.481. The molecule has 2 aromatic carbocycles. The molecule has 1 aromatic heterocycles. The largest absolute Gasteiger partial charge is 0.337 e. The molecule has 0 bridgehead atoms. The van der Waals surface area contributed by atoms with Crippen LogP contribution in [0.3, 0.4) is 0 Å². The number of amides is 1. The van der Waals surface area contributed by atoms with Crippen molar-refractivity contribution in [1.82, 2.24) is 4.57 Å². The number of benzene rings is 2. The average molecular weight is 429 g/mol. The van der Waals surface area contributed by atoms with Gasteiger partial charge in [-0.15, -0.1) is 0 Å². The van der Waals surface area contributed by atoms with E-state index in [1.165, 1.54) is 6.42 Å². The van der Waals surface area contributed by atoms with Gasteiger partial charge in [-0.05, 0) is 37.1 Å². The maximum Gasteiger partial charge on any atom is 0.244 e. The minimum atomic E-state index is -0.194. The third-order valence-corrected chi connectivity index (χ3v) is 6.29. The summed E-state index contributed by atoms with van der Waals surface area (Å²) < 4.78 is 1.85. The van der Waals surface area contributed by atoms with Gasteiger partial charge in [0.25, 0.3) is 0 Å². The highest BCUT2D eigenvalue weighted by Gasteiger charge is 2.25. The molecule has 1 aliphatic rings. The lowest BCUT2D eigenvalue weighted by atomic mass is 9.84. The Hall–Kier alpha value is -2.30. The van der Waals surface area contributed by atoms with E-state index in [1.54, 1.807) is 18.2 Å². The number of hydrogen-bond acceptors (Lipinski definition) is 2. The number of fused-ring (bicyclic) bond motifs is 1. The predicted octanol–water partition coefficient (Wildman–Crippen LogP) is 6.35. The van der Waals surface area contributed by atoms with Crippen LogP contribution in [0, 0.1) is 5.92 Å². The fourth-order valence-corrected chi connectivity index (χ4v) is 4.39. The summed E-state index contributed by atoms with van der Waals surface area (Å²) in [6, 6.07) is 12.7. The third-order valence-electron chi connectivity index (χ3n) is 5.55. The number of anilines is 1. The second kappa shape index (κ2) is 8.60. The second-order valence-electron chi connectivity index (χ2n) is 7.56. The highest BCUT2D eigenvalue weighted by atomic mass is 35.5. The molecule has 1 N–H and O–H groups in total. The summed E-state index contributed by atoms with van der Waals surface area (Å²) in [5, 5.41) is 4.57. The number of carbonyl (C=O) groups excluding carboxylic acids is 2. The summed E-state index contributed by atoms with van der Waals surface area (Å²) >= 11 is 11.9. The Bertz CT molecular complexity index is 1070. The zero-order valence-electron chi connectivity index (χ0n) is 16.0. The number of halogens is 2. The molecule has 3 aromatic rings. The van der Waals surface area contributed by atoms with Crippen LogP contribution in [0.2, 0.25) is 10.0 Å². The molecular weight excluding hydrogens is 407 g/mol. The van der Waals surface area contributed by atoms with Crippen LogP contribution in [-0.2, 0) is 11.3 Å². The molecule has 1 aliphatic carbocycles. The van der Waals surface area contributed by atoms with Gasteiger partial charge in [0, 0.05) is 34.3 Å². The average Bonchev–Trinajstić information content (AvgIpc) is 3.09. The summed E-state index contributed by atoms with van der Waals surface area (Å²) in [4.78, 5) is 25.7. The Morgan fingerprint density at radius 1 is 1.00 bits per heavy atom. The number of aromatic nitrogens is 1. The number of Topliss-reactive ketones (excluding diaryl/α,β-unsaturated/α-hetero) is 1. The van der Waals surface area contributed by atoms with Crippen molar-refractivity contribution in [2.45, 2.75) is 38.6 Å². The highest BCUT2D eigenvalue weighted by Crippen LogP contribution is 2.31. The van der Waals surface area contributed by atoms with Crippen molar-refractivity contribution in [2.75, 3.05) is 5.32 Å². The van der Waals surface area contributed by atoms with Crippen LogP contribution < -0.4 is 5.32 Å². The van der Waals surface area contributed by atoms with Crippen molar-refractivity contribution < 1.29 is 9.59 Å². The van der Waals surface area contributed by atoms with Gasteiger partial charge in [0.2, 0.25) is 5.91 Å². The highest BCUT2D eigenvalue weighted by molar-refractivity contribution is 6.42. The van der Waals surface area contributed by atoms with E-state index in [1.807, 2.05) is 35.0 Å². The lowest BCUT2D eigenvalue weighted by Crippen LogP contribution is -2.19. The smallest absolute Gasteiger partial charge is 0.244 e. The summed E-state index contributed by atoms with van der Waals surface area (Å²) in [5.41, 5.74) is 2.19. The van der Waals surface area contributed by atoms with E-state index in [-0.39, 0.29) is 24.2 Å². The molecule has 0 aliphatic heterocycles. The molecule has 29 heavy (non-hydrogen) atoms. The predicted molar refractivity (Wildman–Crippen MR) is 118 cm³/mol. The van der Waals surface area contributed by atoms with Gasteiger partial charge in [-0.3, -0.25) is 9.59 Å². The van der Waals surface area contributed by atoms with Crippen molar-refractivity contribution in [2.24, 2.45) is 5.92 Å². The lowest BCUT2D eigenvalue weighted by molar-refractivity contribution is -0.116. The van der Waals surface area contributed by atoms with E-state index >= 15 is 0 Å². The van der Waals surface area contributed by atoms with Gasteiger partial charge in [0.05, 0.1) is 10.0 Å². The molecule has 4 rings (SSSR count). The minimum absolute atomic E-state index is 0.0908. The first kappa shape index (κ1) is 20.0. The Kier molecular flexibility index (Phi) is 5.93. The molecule has 150 valence electrons. The van der Waals surface area contributed by atoms with Crippen LogP contribution in [0.5, 0.6) is 0 Å². The summed E-state index contributed by atoms with van der Waals surface area (Å²) in [6.45, 7) is 0.110. The Labute approximate surface area is 179 Å². The molecule has 0 unspecified atom stereocenters. The first-order chi connectivity index (χ1) is 14.0. The van der Waals surface area contributed by atoms with Gasteiger partial charge in [-0.2, -0.15) is 0 Å². The van der Waals surface area contributed by atoms with E-state index < -0.39 is 0 Å². The lowest BCUT2D eigenvalue weighted by Gasteiger charge is -2.19.